The van der Waals surface area contributed by atoms with Crippen molar-refractivity contribution in [2.45, 2.75) is 12.8 Å². The monoisotopic (exact) mass is 374 g/mol. The zero-order chi connectivity index (χ0) is 17.4. The highest BCUT2D eigenvalue weighted by atomic mass is 35.5. The first-order valence-electron chi connectivity index (χ1n) is 8.05. The second kappa shape index (κ2) is 10.3. The fraction of sp³-hybridized carbons (Fsp3) is 0.588. The predicted octanol–water partition coefficient (Wildman–Crippen LogP) is 1.38. The minimum atomic E-state index is -0.516. The molecule has 7 nitrogen and oxygen atoms in total. The van der Waals surface area contributed by atoms with Gasteiger partial charge in [0.15, 0.2) is 0 Å². The van der Waals surface area contributed by atoms with Crippen molar-refractivity contribution in [3.05, 3.63) is 18.2 Å². The first-order chi connectivity index (χ1) is 11.6. The molecular formula is C17H27ClN2O5. The summed E-state index contributed by atoms with van der Waals surface area (Å²) in [7, 11) is 3.16. The Labute approximate surface area is 154 Å². The van der Waals surface area contributed by atoms with Crippen LogP contribution in [0.25, 0.3) is 0 Å². The maximum atomic E-state index is 12.4. The van der Waals surface area contributed by atoms with Gasteiger partial charge in [0.05, 0.1) is 26.2 Å². The molecule has 1 aromatic carbocycles. The van der Waals surface area contributed by atoms with Crippen molar-refractivity contribution in [3.8, 4) is 17.2 Å². The highest BCUT2D eigenvalue weighted by molar-refractivity contribution is 5.85. The lowest BCUT2D eigenvalue weighted by Gasteiger charge is -2.34. The largest absolute Gasteiger partial charge is 0.496 e. The van der Waals surface area contributed by atoms with Crippen LogP contribution in [0.4, 0.5) is 0 Å². The van der Waals surface area contributed by atoms with E-state index in [-0.39, 0.29) is 18.3 Å². The van der Waals surface area contributed by atoms with Gasteiger partial charge in [0, 0.05) is 38.0 Å². The smallest absolute Gasteiger partial charge is 0.227 e. The van der Waals surface area contributed by atoms with E-state index in [1.807, 2.05) is 0 Å². The number of carbonyl (C=O) groups excluding carboxylic acids is 1. The average molecular weight is 375 g/mol. The molecule has 0 aliphatic carbocycles. The number of halogens is 1. The van der Waals surface area contributed by atoms with Crippen LogP contribution in [0.3, 0.4) is 0 Å². The molecule has 2 rings (SSSR count). The van der Waals surface area contributed by atoms with Crippen LogP contribution in [-0.4, -0.2) is 53.0 Å². The third-order valence-corrected chi connectivity index (χ3v) is 4.30. The summed E-state index contributed by atoms with van der Waals surface area (Å²) in [6.07, 6.45) is 1.31. The number of rotatable bonds is 8. The molecule has 1 aliphatic heterocycles. The summed E-state index contributed by atoms with van der Waals surface area (Å²) in [5, 5.41) is 2.91. The molecule has 0 spiro atoms. The number of hydrogen-bond donors (Lipinski definition) is 2. The molecular weight excluding hydrogens is 348 g/mol. The van der Waals surface area contributed by atoms with E-state index in [0.29, 0.717) is 63.0 Å². The highest BCUT2D eigenvalue weighted by Crippen LogP contribution is 2.29. The third kappa shape index (κ3) is 5.66. The number of carbonyl (C=O) groups is 1. The van der Waals surface area contributed by atoms with Gasteiger partial charge in [-0.05, 0) is 12.8 Å². The second-order valence-electron chi connectivity index (χ2n) is 5.75. The molecule has 0 unspecified atom stereocenters. The van der Waals surface area contributed by atoms with Gasteiger partial charge in [-0.25, -0.2) is 0 Å². The standard InChI is InChI=1S/C17H26N2O5.ClH/c1-21-13-9-14(22-2)11-15(10-13)24-8-5-19-16(20)17(12-18)3-6-23-7-4-17;/h9-11H,3-8,12,18H2,1-2H3,(H,19,20);1H. The minimum Gasteiger partial charge on any atom is -0.496 e. The van der Waals surface area contributed by atoms with Gasteiger partial charge in [-0.1, -0.05) is 0 Å². The summed E-state index contributed by atoms with van der Waals surface area (Å²) >= 11 is 0. The lowest BCUT2D eigenvalue weighted by Crippen LogP contribution is -2.49. The maximum absolute atomic E-state index is 12.4. The van der Waals surface area contributed by atoms with Crippen molar-refractivity contribution in [1.29, 1.82) is 0 Å². The molecule has 1 aliphatic rings. The Balaban J connectivity index is 0.00000312. The van der Waals surface area contributed by atoms with E-state index < -0.39 is 5.41 Å². The lowest BCUT2D eigenvalue weighted by atomic mass is 9.79. The van der Waals surface area contributed by atoms with Crippen molar-refractivity contribution < 1.29 is 23.7 Å². The molecule has 8 heteroatoms. The van der Waals surface area contributed by atoms with Gasteiger partial charge in [0.25, 0.3) is 0 Å². The zero-order valence-corrected chi connectivity index (χ0v) is 15.5. The van der Waals surface area contributed by atoms with Gasteiger partial charge >= 0.3 is 0 Å². The fourth-order valence-corrected chi connectivity index (χ4v) is 2.67. The zero-order valence-electron chi connectivity index (χ0n) is 14.7. The molecule has 0 atom stereocenters. The molecule has 0 radical (unpaired) electrons. The van der Waals surface area contributed by atoms with Crippen LogP contribution in [0, 0.1) is 5.41 Å². The normalized spacial score (nSPS) is 15.6. The van der Waals surface area contributed by atoms with Gasteiger partial charge in [0.2, 0.25) is 5.91 Å². The van der Waals surface area contributed by atoms with Gasteiger partial charge in [-0.15, -0.1) is 12.4 Å². The van der Waals surface area contributed by atoms with Crippen molar-refractivity contribution in [2.75, 3.05) is 47.1 Å². The van der Waals surface area contributed by atoms with E-state index in [1.54, 1.807) is 32.4 Å². The van der Waals surface area contributed by atoms with Crippen LogP contribution in [0.5, 0.6) is 17.2 Å². The summed E-state index contributed by atoms with van der Waals surface area (Å²) in [6, 6.07) is 5.30. The summed E-state index contributed by atoms with van der Waals surface area (Å²) in [4.78, 5) is 12.4. The number of hydrogen-bond acceptors (Lipinski definition) is 6. The minimum absolute atomic E-state index is 0. The molecule has 3 N–H and O–H groups in total. The highest BCUT2D eigenvalue weighted by Gasteiger charge is 2.38. The topological polar surface area (TPSA) is 92.0 Å². The quantitative estimate of drug-likeness (QED) is 0.668. The van der Waals surface area contributed by atoms with Crippen LogP contribution in [-0.2, 0) is 9.53 Å². The average Bonchev–Trinajstić information content (AvgIpc) is 2.65. The van der Waals surface area contributed by atoms with Crippen LogP contribution < -0.4 is 25.3 Å². The SMILES string of the molecule is COc1cc(OC)cc(OCCNC(=O)C2(CN)CCOCC2)c1.Cl. The maximum Gasteiger partial charge on any atom is 0.227 e. The number of benzene rings is 1. The molecule has 1 amide bonds. The second-order valence-corrected chi connectivity index (χ2v) is 5.75. The number of nitrogens with one attached hydrogen (secondary N) is 1. The van der Waals surface area contributed by atoms with E-state index in [2.05, 4.69) is 5.32 Å². The van der Waals surface area contributed by atoms with E-state index >= 15 is 0 Å². The Morgan fingerprint density at radius 3 is 2.24 bits per heavy atom. The lowest BCUT2D eigenvalue weighted by molar-refractivity contribution is -0.136. The Bertz CT molecular complexity index is 528. The van der Waals surface area contributed by atoms with E-state index in [4.69, 9.17) is 24.7 Å². The first kappa shape index (κ1) is 21.3. The Morgan fingerprint density at radius 1 is 1.16 bits per heavy atom. The third-order valence-electron chi connectivity index (χ3n) is 4.30. The molecule has 0 saturated carbocycles. The molecule has 1 fully saturated rings. The molecule has 1 heterocycles. The predicted molar refractivity (Wildman–Crippen MR) is 96.8 cm³/mol. The fourth-order valence-electron chi connectivity index (χ4n) is 2.67. The summed E-state index contributed by atoms with van der Waals surface area (Å²) in [6.45, 7) is 2.23. The van der Waals surface area contributed by atoms with Gasteiger partial charge in [-0.3, -0.25) is 4.79 Å². The molecule has 25 heavy (non-hydrogen) atoms. The van der Waals surface area contributed by atoms with Gasteiger partial charge in [0.1, 0.15) is 23.9 Å². The Hall–Kier alpha value is -1.70. The molecule has 0 bridgehead atoms. The van der Waals surface area contributed by atoms with Crippen molar-refractivity contribution in [2.24, 2.45) is 11.1 Å². The number of nitrogens with two attached hydrogens (primary N) is 1. The summed E-state index contributed by atoms with van der Waals surface area (Å²) in [5.74, 6) is 1.90. The molecule has 142 valence electrons. The number of methoxy groups -OCH3 is 2. The first-order valence-corrected chi connectivity index (χ1v) is 8.05. The molecule has 0 aromatic heterocycles. The van der Waals surface area contributed by atoms with Crippen LogP contribution >= 0.6 is 12.4 Å². The summed E-state index contributed by atoms with van der Waals surface area (Å²) < 4.78 is 21.4. The molecule has 1 saturated heterocycles. The van der Waals surface area contributed by atoms with Crippen molar-refractivity contribution in [3.63, 3.8) is 0 Å². The van der Waals surface area contributed by atoms with Crippen LogP contribution in [0.1, 0.15) is 12.8 Å². The number of amides is 1. The van der Waals surface area contributed by atoms with E-state index in [1.165, 1.54) is 0 Å². The van der Waals surface area contributed by atoms with Crippen molar-refractivity contribution in [1.82, 2.24) is 5.32 Å². The van der Waals surface area contributed by atoms with E-state index in [9.17, 15) is 4.79 Å². The van der Waals surface area contributed by atoms with Crippen LogP contribution in [0.2, 0.25) is 0 Å². The Morgan fingerprint density at radius 2 is 1.72 bits per heavy atom. The van der Waals surface area contributed by atoms with Crippen molar-refractivity contribution >= 4 is 18.3 Å². The van der Waals surface area contributed by atoms with Gasteiger partial charge < -0.3 is 30.0 Å². The Kier molecular flexibility index (Phi) is 8.82. The van der Waals surface area contributed by atoms with E-state index in [0.717, 1.165) is 0 Å². The molecule has 1 aromatic rings. The van der Waals surface area contributed by atoms with Gasteiger partial charge in [-0.2, -0.15) is 0 Å². The summed E-state index contributed by atoms with van der Waals surface area (Å²) in [5.41, 5.74) is 5.31. The van der Waals surface area contributed by atoms with Crippen LogP contribution in [0.15, 0.2) is 18.2 Å². The number of ether oxygens (including phenoxy) is 4.